The van der Waals surface area contributed by atoms with E-state index in [-0.39, 0.29) is 17.3 Å². The number of hydrogen-bond acceptors (Lipinski definition) is 5. The van der Waals surface area contributed by atoms with Crippen LogP contribution in [0.3, 0.4) is 0 Å². The molecule has 2 aromatic rings. The number of ether oxygens (including phenoxy) is 1. The van der Waals surface area contributed by atoms with Crippen molar-refractivity contribution >= 4 is 11.7 Å². The van der Waals surface area contributed by atoms with Gasteiger partial charge in [0, 0.05) is 5.92 Å². The Morgan fingerprint density at radius 2 is 2.05 bits per heavy atom. The van der Waals surface area contributed by atoms with Gasteiger partial charge in [0.15, 0.2) is 0 Å². The number of carbonyl (C=O) groups excluding carboxylic acids is 1. The van der Waals surface area contributed by atoms with Crippen LogP contribution in [0.1, 0.15) is 35.9 Å². The lowest BCUT2D eigenvalue weighted by atomic mass is 10.1. The minimum absolute atomic E-state index is 0.127. The summed E-state index contributed by atoms with van der Waals surface area (Å²) in [5.41, 5.74) is 0.253. The second kappa shape index (κ2) is 5.74. The highest BCUT2D eigenvalue weighted by Gasteiger charge is 2.30. The van der Waals surface area contributed by atoms with Gasteiger partial charge in [0.25, 0.3) is 0 Å². The summed E-state index contributed by atoms with van der Waals surface area (Å²) in [5.74, 6) is -0.301. The third kappa shape index (κ3) is 2.62. The summed E-state index contributed by atoms with van der Waals surface area (Å²) < 4.78 is 6.17. The lowest BCUT2D eigenvalue weighted by Gasteiger charge is -2.08. The zero-order chi connectivity index (χ0) is 15.6. The molecule has 0 atom stereocenters. The molecule has 0 unspecified atom stereocenters. The van der Waals surface area contributed by atoms with Gasteiger partial charge in [0.2, 0.25) is 5.82 Å². The van der Waals surface area contributed by atoms with Crippen LogP contribution in [0.4, 0.5) is 5.82 Å². The van der Waals surface area contributed by atoms with Gasteiger partial charge in [-0.1, -0.05) is 26.0 Å². The predicted octanol–water partition coefficient (Wildman–Crippen LogP) is 2.61. The highest BCUT2D eigenvalue weighted by atomic mass is 16.6. The van der Waals surface area contributed by atoms with Crippen LogP contribution in [0.5, 0.6) is 5.75 Å². The van der Waals surface area contributed by atoms with Crippen LogP contribution in [-0.4, -0.2) is 27.5 Å². The number of hydrogen-bond donors (Lipinski definition) is 0. The maximum Gasteiger partial charge on any atom is 0.351 e. The Morgan fingerprint density at radius 3 is 2.62 bits per heavy atom. The van der Waals surface area contributed by atoms with Gasteiger partial charge in [-0.3, -0.25) is 0 Å². The van der Waals surface area contributed by atoms with Crippen LogP contribution >= 0.6 is 0 Å². The van der Waals surface area contributed by atoms with E-state index >= 15 is 0 Å². The molecule has 0 bridgehead atoms. The average molecular weight is 289 g/mol. The zero-order valence-corrected chi connectivity index (χ0v) is 11.9. The van der Waals surface area contributed by atoms with E-state index in [0.717, 1.165) is 10.8 Å². The summed E-state index contributed by atoms with van der Waals surface area (Å²) in [7, 11) is 1.44. The molecule has 110 valence electrons. The van der Waals surface area contributed by atoms with Crippen molar-refractivity contribution in [2.45, 2.75) is 19.8 Å². The predicted molar refractivity (Wildman–Crippen MR) is 75.7 cm³/mol. The monoisotopic (exact) mass is 289 g/mol. The molecule has 0 fully saturated rings. The van der Waals surface area contributed by atoms with Crippen molar-refractivity contribution in [3.63, 3.8) is 0 Å². The number of nitrogens with zero attached hydrogens (tertiary/aromatic N) is 3. The van der Waals surface area contributed by atoms with Gasteiger partial charge < -0.3 is 14.9 Å². The molecule has 7 nitrogen and oxygen atoms in total. The number of methoxy groups -OCH3 is 1. The first-order valence-electron chi connectivity index (χ1n) is 6.37. The molecule has 0 spiro atoms. The van der Waals surface area contributed by atoms with Crippen molar-refractivity contribution < 1.29 is 14.5 Å². The molecule has 0 aliphatic heterocycles. The molecule has 0 aliphatic rings. The Hall–Kier alpha value is -2.70. The minimum atomic E-state index is -0.619. The SMILES string of the molecule is COc1ccccc1C(=O)n1c([N+](=O)[O-])cnc1C(C)C. The molecule has 0 saturated carbocycles. The topological polar surface area (TPSA) is 87.3 Å². The highest BCUT2D eigenvalue weighted by molar-refractivity contribution is 6.00. The van der Waals surface area contributed by atoms with E-state index in [2.05, 4.69) is 4.98 Å². The maximum absolute atomic E-state index is 12.7. The van der Waals surface area contributed by atoms with Crippen molar-refractivity contribution in [1.82, 2.24) is 9.55 Å². The van der Waals surface area contributed by atoms with E-state index in [9.17, 15) is 14.9 Å². The fourth-order valence-corrected chi connectivity index (χ4v) is 2.04. The highest BCUT2D eigenvalue weighted by Crippen LogP contribution is 2.25. The summed E-state index contributed by atoms with van der Waals surface area (Å²) in [5, 5.41) is 11.1. The number of nitro groups is 1. The van der Waals surface area contributed by atoms with E-state index in [1.807, 2.05) is 13.8 Å². The smallest absolute Gasteiger partial charge is 0.351 e. The first-order valence-corrected chi connectivity index (χ1v) is 6.37. The summed E-state index contributed by atoms with van der Waals surface area (Å²) in [6, 6.07) is 6.59. The fourth-order valence-electron chi connectivity index (χ4n) is 2.04. The van der Waals surface area contributed by atoms with Gasteiger partial charge in [0.1, 0.15) is 17.5 Å². The van der Waals surface area contributed by atoms with Crippen molar-refractivity contribution in [3.05, 3.63) is 52.0 Å². The van der Waals surface area contributed by atoms with E-state index < -0.39 is 10.8 Å². The normalized spacial score (nSPS) is 10.7. The molecule has 0 N–H and O–H groups in total. The molecule has 0 aliphatic carbocycles. The summed E-state index contributed by atoms with van der Waals surface area (Å²) >= 11 is 0. The molecule has 0 amide bonds. The van der Waals surface area contributed by atoms with Crippen molar-refractivity contribution in [1.29, 1.82) is 0 Å². The van der Waals surface area contributed by atoms with Crippen LogP contribution in [-0.2, 0) is 0 Å². The molecule has 1 aromatic heterocycles. The van der Waals surface area contributed by atoms with Crippen molar-refractivity contribution in [2.24, 2.45) is 0 Å². The Balaban J connectivity index is 2.62. The third-order valence-electron chi connectivity index (χ3n) is 3.01. The summed E-state index contributed by atoms with van der Waals surface area (Å²) in [4.78, 5) is 27.2. The second-order valence-corrected chi connectivity index (χ2v) is 4.73. The molecule has 0 saturated heterocycles. The number of para-hydroxylation sites is 1. The van der Waals surface area contributed by atoms with Gasteiger partial charge in [-0.2, -0.15) is 0 Å². The van der Waals surface area contributed by atoms with Gasteiger partial charge in [-0.15, -0.1) is 4.57 Å². The molecular formula is C14H15N3O4. The minimum Gasteiger partial charge on any atom is -0.496 e. The molecule has 1 aromatic carbocycles. The third-order valence-corrected chi connectivity index (χ3v) is 3.01. The van der Waals surface area contributed by atoms with E-state index in [0.29, 0.717) is 11.6 Å². The van der Waals surface area contributed by atoms with Crippen molar-refractivity contribution in [2.75, 3.05) is 7.11 Å². The van der Waals surface area contributed by atoms with Crippen LogP contribution in [0.2, 0.25) is 0 Å². The Labute approximate surface area is 121 Å². The van der Waals surface area contributed by atoms with Gasteiger partial charge in [-0.25, -0.2) is 9.78 Å². The van der Waals surface area contributed by atoms with Crippen LogP contribution in [0.25, 0.3) is 0 Å². The van der Waals surface area contributed by atoms with Gasteiger partial charge in [-0.05, 0) is 17.1 Å². The van der Waals surface area contributed by atoms with Crippen LogP contribution < -0.4 is 4.74 Å². The summed E-state index contributed by atoms with van der Waals surface area (Å²) in [6.45, 7) is 3.64. The largest absolute Gasteiger partial charge is 0.496 e. The quantitative estimate of drug-likeness (QED) is 0.637. The number of carbonyl (C=O) groups is 1. The lowest BCUT2D eigenvalue weighted by Crippen LogP contribution is -2.18. The average Bonchev–Trinajstić information content (AvgIpc) is 2.91. The maximum atomic E-state index is 12.7. The van der Waals surface area contributed by atoms with E-state index in [1.165, 1.54) is 7.11 Å². The molecule has 7 heteroatoms. The second-order valence-electron chi connectivity index (χ2n) is 4.73. The van der Waals surface area contributed by atoms with E-state index in [1.54, 1.807) is 24.3 Å². The van der Waals surface area contributed by atoms with Crippen molar-refractivity contribution in [3.8, 4) is 5.75 Å². The molecule has 21 heavy (non-hydrogen) atoms. The Kier molecular flexibility index (Phi) is 4.02. The number of aromatic nitrogens is 2. The number of rotatable bonds is 4. The Bertz CT molecular complexity index is 691. The number of imidazole rings is 1. The van der Waals surface area contributed by atoms with E-state index in [4.69, 9.17) is 4.74 Å². The lowest BCUT2D eigenvalue weighted by molar-refractivity contribution is -0.390. The first-order chi connectivity index (χ1) is 9.97. The number of benzene rings is 1. The van der Waals surface area contributed by atoms with Gasteiger partial charge in [0.05, 0.1) is 7.11 Å². The molecule has 0 radical (unpaired) electrons. The van der Waals surface area contributed by atoms with Crippen LogP contribution in [0.15, 0.2) is 30.5 Å². The molecule has 2 rings (SSSR count). The molecular weight excluding hydrogens is 274 g/mol. The molecule has 1 heterocycles. The Morgan fingerprint density at radius 1 is 1.38 bits per heavy atom. The standard InChI is InChI=1S/C14H15N3O4/c1-9(2)13-15-8-12(17(19)20)16(13)14(18)10-6-4-5-7-11(10)21-3/h4-9H,1-3H3. The van der Waals surface area contributed by atoms with Crippen LogP contribution in [0, 0.1) is 10.1 Å². The first kappa shape index (κ1) is 14.7. The fraction of sp³-hybridized carbons (Fsp3) is 0.286. The summed E-state index contributed by atoms with van der Waals surface area (Å²) in [6.07, 6.45) is 1.10. The van der Waals surface area contributed by atoms with Gasteiger partial charge >= 0.3 is 11.7 Å². The zero-order valence-electron chi connectivity index (χ0n) is 11.9.